The van der Waals surface area contributed by atoms with Crippen molar-refractivity contribution in [3.63, 3.8) is 0 Å². The van der Waals surface area contributed by atoms with E-state index in [1.165, 1.54) is 0 Å². The van der Waals surface area contributed by atoms with Crippen LogP contribution < -0.4 is 0 Å². The van der Waals surface area contributed by atoms with Crippen molar-refractivity contribution in [1.29, 1.82) is 0 Å². The van der Waals surface area contributed by atoms with Crippen LogP contribution in [-0.2, 0) is 36.0 Å². The molecule has 0 unspecified atom stereocenters. The largest absolute Gasteiger partial charge is 0.504 e. The second-order valence-corrected chi connectivity index (χ2v) is 11.3. The molecule has 1 rings (SSSR count). The summed E-state index contributed by atoms with van der Waals surface area (Å²) in [7, 11) is 2.33. The number of quaternary nitrogens is 1. The van der Waals surface area contributed by atoms with Gasteiger partial charge in [0.15, 0.2) is 0 Å². The topological polar surface area (TPSA) is 82.1 Å². The maximum absolute atomic E-state index is 10.8. The van der Waals surface area contributed by atoms with Gasteiger partial charge in [-0.15, -0.1) is 0 Å². The molecule has 0 fully saturated rings. The minimum Gasteiger partial charge on any atom is -0.377 e. The van der Waals surface area contributed by atoms with Crippen molar-refractivity contribution in [2.75, 3.05) is 47.7 Å². The van der Waals surface area contributed by atoms with Crippen LogP contribution in [0.3, 0.4) is 0 Å². The molecule has 0 aliphatic rings. The van der Waals surface area contributed by atoms with E-state index in [1.807, 2.05) is 26.2 Å². The standard InChI is InChI=1S/C16H29NO6SSi/c1-17(2,11-6-12-24(18,19)20)13-15-7-9-16(10-8-15)14-25(21-3,22-4)23-5/h7-10H,6,11-14H2,1-5H3/p+1. The summed E-state index contributed by atoms with van der Waals surface area (Å²) in [6.07, 6.45) is 0.424. The molecule has 0 amide bonds. The van der Waals surface area contributed by atoms with Gasteiger partial charge in [0, 0.05) is 39.4 Å². The fourth-order valence-corrected chi connectivity index (χ4v) is 4.89. The van der Waals surface area contributed by atoms with Gasteiger partial charge in [-0.2, -0.15) is 8.42 Å². The Labute approximate surface area is 152 Å². The molecular weight excluding hydrogens is 362 g/mol. The van der Waals surface area contributed by atoms with Crippen LogP contribution in [0.4, 0.5) is 0 Å². The van der Waals surface area contributed by atoms with E-state index in [0.717, 1.165) is 17.7 Å². The lowest BCUT2D eigenvalue weighted by Gasteiger charge is -2.30. The highest BCUT2D eigenvalue weighted by Gasteiger charge is 2.37. The Hall–Kier alpha value is -0.813. The van der Waals surface area contributed by atoms with Crippen molar-refractivity contribution < 1.29 is 30.7 Å². The molecule has 0 radical (unpaired) electrons. The summed E-state index contributed by atoms with van der Waals surface area (Å²) < 4.78 is 47.4. The van der Waals surface area contributed by atoms with Crippen LogP contribution in [0.2, 0.25) is 0 Å². The molecule has 0 aromatic heterocycles. The SMILES string of the molecule is CO[Si](Cc1ccc(C[N+](C)(C)CCCS(=O)(=O)O)cc1)(OC)OC. The molecule has 0 bridgehead atoms. The van der Waals surface area contributed by atoms with Crippen LogP contribution in [0.15, 0.2) is 24.3 Å². The van der Waals surface area contributed by atoms with E-state index < -0.39 is 18.9 Å². The summed E-state index contributed by atoms with van der Waals surface area (Å²) in [5.41, 5.74) is 2.23. The highest BCUT2D eigenvalue weighted by atomic mass is 32.2. The van der Waals surface area contributed by atoms with Crippen LogP contribution >= 0.6 is 0 Å². The Bertz CT molecular complexity index is 620. The van der Waals surface area contributed by atoms with Crippen molar-refractivity contribution in [3.05, 3.63) is 35.4 Å². The van der Waals surface area contributed by atoms with Gasteiger partial charge in [-0.3, -0.25) is 4.55 Å². The van der Waals surface area contributed by atoms with Gasteiger partial charge in [-0.05, 0) is 5.56 Å². The predicted octanol–water partition coefficient (Wildman–Crippen LogP) is 1.50. The fraction of sp³-hybridized carbons (Fsp3) is 0.625. The third kappa shape index (κ3) is 7.95. The Kier molecular flexibility index (Phi) is 8.20. The second kappa shape index (κ2) is 9.22. The van der Waals surface area contributed by atoms with Gasteiger partial charge in [-0.25, -0.2) is 0 Å². The molecule has 0 aliphatic heterocycles. The van der Waals surface area contributed by atoms with Gasteiger partial charge in [-0.1, -0.05) is 24.3 Å². The average molecular weight is 393 g/mol. The van der Waals surface area contributed by atoms with Crippen molar-refractivity contribution in [3.8, 4) is 0 Å². The van der Waals surface area contributed by atoms with Crippen LogP contribution in [0.5, 0.6) is 0 Å². The normalized spacial score (nSPS) is 13.2. The zero-order chi connectivity index (χ0) is 19.1. The van der Waals surface area contributed by atoms with E-state index in [2.05, 4.69) is 12.1 Å². The summed E-state index contributed by atoms with van der Waals surface area (Å²) in [5.74, 6) is -0.203. The lowest BCUT2D eigenvalue weighted by Crippen LogP contribution is -2.45. The molecule has 0 saturated heterocycles. The minimum absolute atomic E-state index is 0.203. The Morgan fingerprint density at radius 3 is 1.92 bits per heavy atom. The smallest absolute Gasteiger partial charge is 0.377 e. The first kappa shape index (κ1) is 22.2. The van der Waals surface area contributed by atoms with Crippen molar-refractivity contribution in [1.82, 2.24) is 0 Å². The molecule has 144 valence electrons. The molecule has 7 nitrogen and oxygen atoms in total. The van der Waals surface area contributed by atoms with Gasteiger partial charge in [0.1, 0.15) is 6.54 Å². The molecule has 9 heteroatoms. The molecule has 0 heterocycles. The fourth-order valence-electron chi connectivity index (χ4n) is 2.73. The van der Waals surface area contributed by atoms with Crippen molar-refractivity contribution in [2.24, 2.45) is 0 Å². The Morgan fingerprint density at radius 1 is 1.00 bits per heavy atom. The Morgan fingerprint density at radius 2 is 1.48 bits per heavy atom. The first-order valence-corrected chi connectivity index (χ1v) is 11.6. The number of nitrogens with zero attached hydrogens (tertiary/aromatic N) is 1. The zero-order valence-corrected chi connectivity index (χ0v) is 17.5. The zero-order valence-electron chi connectivity index (χ0n) is 15.7. The molecule has 0 aliphatic carbocycles. The monoisotopic (exact) mass is 392 g/mol. The van der Waals surface area contributed by atoms with Gasteiger partial charge in [0.2, 0.25) is 0 Å². The summed E-state index contributed by atoms with van der Waals surface area (Å²) in [5, 5.41) is 0. The summed E-state index contributed by atoms with van der Waals surface area (Å²) in [6.45, 7) is 1.43. The first-order chi connectivity index (χ1) is 11.5. The lowest BCUT2D eigenvalue weighted by molar-refractivity contribution is -0.903. The molecule has 1 aromatic carbocycles. The summed E-state index contributed by atoms with van der Waals surface area (Å²) >= 11 is 0. The average Bonchev–Trinajstić information content (AvgIpc) is 2.52. The molecule has 0 saturated carbocycles. The molecule has 25 heavy (non-hydrogen) atoms. The molecule has 1 aromatic rings. The molecule has 0 spiro atoms. The third-order valence-corrected chi connectivity index (χ3v) is 7.66. The maximum atomic E-state index is 10.8. The van der Waals surface area contributed by atoms with Crippen LogP contribution in [-0.4, -0.2) is 74.0 Å². The van der Waals surface area contributed by atoms with Gasteiger partial charge >= 0.3 is 8.80 Å². The van der Waals surface area contributed by atoms with E-state index in [4.69, 9.17) is 17.8 Å². The number of benzene rings is 1. The highest BCUT2D eigenvalue weighted by molar-refractivity contribution is 7.85. The van der Waals surface area contributed by atoms with Gasteiger partial charge in [0.25, 0.3) is 10.1 Å². The van der Waals surface area contributed by atoms with Crippen molar-refractivity contribution in [2.45, 2.75) is 19.0 Å². The van der Waals surface area contributed by atoms with E-state index in [9.17, 15) is 8.42 Å². The maximum Gasteiger partial charge on any atom is 0.504 e. The van der Waals surface area contributed by atoms with E-state index in [-0.39, 0.29) is 5.75 Å². The highest BCUT2D eigenvalue weighted by Crippen LogP contribution is 2.17. The predicted molar refractivity (Wildman–Crippen MR) is 98.6 cm³/mol. The second-order valence-electron chi connectivity index (χ2n) is 6.75. The molecule has 0 atom stereocenters. The van der Waals surface area contributed by atoms with E-state index in [1.54, 1.807) is 21.3 Å². The Balaban J connectivity index is 2.66. The number of rotatable bonds is 11. The van der Waals surface area contributed by atoms with Gasteiger partial charge < -0.3 is 17.8 Å². The molecular formula is C16H30NO6SSi+. The van der Waals surface area contributed by atoms with Crippen LogP contribution in [0.1, 0.15) is 17.5 Å². The number of hydrogen-bond acceptors (Lipinski definition) is 5. The quantitative estimate of drug-likeness (QED) is 0.349. The summed E-state index contributed by atoms with van der Waals surface area (Å²) in [6, 6.07) is 8.78. The third-order valence-electron chi connectivity index (χ3n) is 4.15. The van der Waals surface area contributed by atoms with E-state index in [0.29, 0.717) is 23.5 Å². The van der Waals surface area contributed by atoms with E-state index >= 15 is 0 Å². The van der Waals surface area contributed by atoms with Crippen LogP contribution in [0.25, 0.3) is 0 Å². The summed E-state index contributed by atoms with van der Waals surface area (Å²) in [4.78, 5) is 0. The minimum atomic E-state index is -3.89. The van der Waals surface area contributed by atoms with Crippen molar-refractivity contribution >= 4 is 18.9 Å². The lowest BCUT2D eigenvalue weighted by atomic mass is 10.1. The van der Waals surface area contributed by atoms with Gasteiger partial charge in [0.05, 0.1) is 26.4 Å². The number of hydrogen-bond donors (Lipinski definition) is 1. The van der Waals surface area contributed by atoms with Crippen LogP contribution in [0, 0.1) is 0 Å². The first-order valence-electron chi connectivity index (χ1n) is 8.05. The molecule has 1 N–H and O–H groups in total.